The standard InChI is InChI=1S/C23H20ClN3O3/c1-2-8-18-20(23(29)30)19(15-11-6-7-12-17(15)24)16-13-27(26-21(16)25-18)22(28)14-9-4-3-5-10-14/h3-7,9-13,19H,2,8H2,1H3,(H,25,26)(H,29,30). The van der Waals surface area contributed by atoms with Crippen LogP contribution in [0, 0.1) is 0 Å². The van der Waals surface area contributed by atoms with Crippen LogP contribution in [0.1, 0.15) is 47.2 Å². The molecule has 1 unspecified atom stereocenters. The second kappa shape index (κ2) is 8.16. The van der Waals surface area contributed by atoms with Gasteiger partial charge in [0.05, 0.1) is 5.57 Å². The largest absolute Gasteiger partial charge is 0.478 e. The molecule has 0 aliphatic carbocycles. The zero-order valence-electron chi connectivity index (χ0n) is 16.3. The number of aromatic nitrogens is 2. The summed E-state index contributed by atoms with van der Waals surface area (Å²) in [5.41, 5.74) is 2.57. The molecular formula is C23H20ClN3O3. The number of benzene rings is 2. The summed E-state index contributed by atoms with van der Waals surface area (Å²) in [6, 6.07) is 16.0. The van der Waals surface area contributed by atoms with Crippen LogP contribution < -0.4 is 5.32 Å². The van der Waals surface area contributed by atoms with E-state index in [0.29, 0.717) is 39.6 Å². The number of nitrogens with one attached hydrogen (secondary N) is 1. The van der Waals surface area contributed by atoms with Crippen LogP contribution in [0.15, 0.2) is 72.1 Å². The van der Waals surface area contributed by atoms with Crippen LogP contribution in [0.2, 0.25) is 5.02 Å². The van der Waals surface area contributed by atoms with E-state index in [1.54, 1.807) is 42.6 Å². The zero-order valence-corrected chi connectivity index (χ0v) is 17.1. The highest BCUT2D eigenvalue weighted by molar-refractivity contribution is 6.31. The highest BCUT2D eigenvalue weighted by Crippen LogP contribution is 2.44. The lowest BCUT2D eigenvalue weighted by Gasteiger charge is -2.27. The number of aliphatic carboxylic acids is 1. The molecule has 3 aromatic rings. The van der Waals surface area contributed by atoms with Gasteiger partial charge in [0.15, 0.2) is 5.82 Å². The highest BCUT2D eigenvalue weighted by Gasteiger charge is 2.36. The van der Waals surface area contributed by atoms with Gasteiger partial charge >= 0.3 is 5.97 Å². The summed E-state index contributed by atoms with van der Waals surface area (Å²) in [5.74, 6) is -1.48. The average molecular weight is 422 g/mol. The van der Waals surface area contributed by atoms with Crippen molar-refractivity contribution in [2.24, 2.45) is 0 Å². The number of anilines is 1. The van der Waals surface area contributed by atoms with Gasteiger partial charge in [-0.2, -0.15) is 0 Å². The summed E-state index contributed by atoms with van der Waals surface area (Å²) in [6.45, 7) is 1.98. The van der Waals surface area contributed by atoms with Crippen LogP contribution >= 0.6 is 11.6 Å². The number of nitrogens with zero attached hydrogens (tertiary/aromatic N) is 2. The molecule has 2 heterocycles. The van der Waals surface area contributed by atoms with Gasteiger partial charge in [-0.3, -0.25) is 4.79 Å². The van der Waals surface area contributed by atoms with Crippen molar-refractivity contribution in [1.82, 2.24) is 9.78 Å². The van der Waals surface area contributed by atoms with Crippen LogP contribution in [0.3, 0.4) is 0 Å². The minimum absolute atomic E-state index is 0.226. The Bertz CT molecular complexity index is 1150. The average Bonchev–Trinajstić information content (AvgIpc) is 3.17. The van der Waals surface area contributed by atoms with Crippen molar-refractivity contribution in [1.29, 1.82) is 0 Å². The number of carboxylic acid groups (broad SMARTS) is 1. The summed E-state index contributed by atoms with van der Waals surface area (Å²) in [7, 11) is 0. The maximum absolute atomic E-state index is 12.9. The predicted octanol–water partition coefficient (Wildman–Crippen LogP) is 4.92. The van der Waals surface area contributed by atoms with Crippen LogP contribution in [0.4, 0.5) is 5.82 Å². The Hall–Kier alpha value is -3.38. The lowest BCUT2D eigenvalue weighted by Crippen LogP contribution is -2.23. The minimum Gasteiger partial charge on any atom is -0.478 e. The number of carbonyl (C=O) groups is 2. The summed E-state index contributed by atoms with van der Waals surface area (Å²) in [4.78, 5) is 25.2. The van der Waals surface area contributed by atoms with Crippen molar-refractivity contribution < 1.29 is 14.7 Å². The number of carboxylic acids is 1. The van der Waals surface area contributed by atoms with Gasteiger partial charge in [-0.1, -0.05) is 61.3 Å². The van der Waals surface area contributed by atoms with Crippen molar-refractivity contribution in [2.45, 2.75) is 25.7 Å². The van der Waals surface area contributed by atoms with E-state index < -0.39 is 11.9 Å². The molecule has 0 saturated heterocycles. The van der Waals surface area contributed by atoms with Gasteiger partial charge in [0, 0.05) is 34.0 Å². The number of allylic oxidation sites excluding steroid dienone is 1. The fourth-order valence-corrected chi connectivity index (χ4v) is 4.03. The van der Waals surface area contributed by atoms with E-state index in [9.17, 15) is 14.7 Å². The second-order valence-corrected chi connectivity index (χ2v) is 7.48. The third-order valence-corrected chi connectivity index (χ3v) is 5.46. The Kier molecular flexibility index (Phi) is 5.42. The number of rotatable bonds is 5. The lowest BCUT2D eigenvalue weighted by atomic mass is 9.82. The first kappa shape index (κ1) is 19.9. The summed E-state index contributed by atoms with van der Waals surface area (Å²) < 4.78 is 1.26. The van der Waals surface area contributed by atoms with Crippen molar-refractivity contribution >= 4 is 29.3 Å². The molecule has 6 nitrogen and oxygen atoms in total. The maximum atomic E-state index is 12.9. The lowest BCUT2D eigenvalue weighted by molar-refractivity contribution is -0.133. The predicted molar refractivity (Wildman–Crippen MR) is 115 cm³/mol. The summed E-state index contributed by atoms with van der Waals surface area (Å²) in [6.07, 6.45) is 2.90. The molecule has 0 bridgehead atoms. The molecule has 7 heteroatoms. The molecule has 4 rings (SSSR count). The first-order valence-corrected chi connectivity index (χ1v) is 10.1. The maximum Gasteiger partial charge on any atom is 0.334 e. The first-order valence-electron chi connectivity index (χ1n) is 9.68. The monoisotopic (exact) mass is 421 g/mol. The normalized spacial score (nSPS) is 15.5. The van der Waals surface area contributed by atoms with Crippen molar-refractivity contribution in [3.63, 3.8) is 0 Å². The smallest absolute Gasteiger partial charge is 0.334 e. The Balaban J connectivity index is 1.88. The summed E-state index contributed by atoms with van der Waals surface area (Å²) in [5, 5.41) is 18.1. The van der Waals surface area contributed by atoms with E-state index >= 15 is 0 Å². The van der Waals surface area contributed by atoms with Gasteiger partial charge < -0.3 is 10.4 Å². The number of carbonyl (C=O) groups excluding carboxylic acids is 1. The van der Waals surface area contributed by atoms with Gasteiger partial charge in [0.25, 0.3) is 5.91 Å². The van der Waals surface area contributed by atoms with Gasteiger partial charge in [-0.15, -0.1) is 5.10 Å². The SMILES string of the molecule is CCCC1=C(C(=O)O)C(c2ccccc2Cl)c2cn(C(=O)c3ccccc3)nc2N1. The Morgan fingerprint density at radius 1 is 1.10 bits per heavy atom. The third-order valence-electron chi connectivity index (χ3n) is 5.11. The van der Waals surface area contributed by atoms with Gasteiger partial charge in [-0.25, -0.2) is 9.48 Å². The van der Waals surface area contributed by atoms with Crippen LogP contribution in [0.25, 0.3) is 0 Å². The molecule has 0 fully saturated rings. The van der Waals surface area contributed by atoms with Crippen molar-refractivity contribution in [3.05, 3.63) is 93.8 Å². The molecule has 1 aromatic heterocycles. The molecular weight excluding hydrogens is 402 g/mol. The number of halogens is 1. The highest BCUT2D eigenvalue weighted by atomic mass is 35.5. The topological polar surface area (TPSA) is 84.2 Å². The molecule has 2 N–H and O–H groups in total. The van der Waals surface area contributed by atoms with Gasteiger partial charge in [0.1, 0.15) is 0 Å². The van der Waals surface area contributed by atoms with Gasteiger partial charge in [-0.05, 0) is 30.2 Å². The van der Waals surface area contributed by atoms with E-state index in [2.05, 4.69) is 10.4 Å². The molecule has 1 atom stereocenters. The molecule has 0 radical (unpaired) electrons. The molecule has 30 heavy (non-hydrogen) atoms. The van der Waals surface area contributed by atoms with Crippen LogP contribution in [-0.4, -0.2) is 26.8 Å². The Morgan fingerprint density at radius 3 is 2.47 bits per heavy atom. The van der Waals surface area contributed by atoms with Crippen LogP contribution in [-0.2, 0) is 4.79 Å². The van der Waals surface area contributed by atoms with Crippen molar-refractivity contribution in [3.8, 4) is 0 Å². The van der Waals surface area contributed by atoms with E-state index in [1.807, 2.05) is 25.1 Å². The van der Waals surface area contributed by atoms with Crippen LogP contribution in [0.5, 0.6) is 0 Å². The molecule has 1 aliphatic rings. The summed E-state index contributed by atoms with van der Waals surface area (Å²) >= 11 is 6.45. The second-order valence-electron chi connectivity index (χ2n) is 7.08. The Labute approximate surface area is 178 Å². The quantitative estimate of drug-likeness (QED) is 0.610. The molecule has 0 saturated carbocycles. The minimum atomic E-state index is -1.02. The molecule has 152 valence electrons. The number of hydrogen-bond donors (Lipinski definition) is 2. The first-order chi connectivity index (χ1) is 14.5. The zero-order chi connectivity index (χ0) is 21.3. The fraction of sp³-hybridized carbons (Fsp3) is 0.174. The molecule has 1 aliphatic heterocycles. The fourth-order valence-electron chi connectivity index (χ4n) is 3.78. The van der Waals surface area contributed by atoms with Crippen molar-refractivity contribution in [2.75, 3.05) is 5.32 Å². The molecule has 0 amide bonds. The van der Waals surface area contributed by atoms with E-state index in [4.69, 9.17) is 11.6 Å². The molecule has 2 aromatic carbocycles. The van der Waals surface area contributed by atoms with E-state index in [-0.39, 0.29) is 11.5 Å². The van der Waals surface area contributed by atoms with Gasteiger partial charge in [0.2, 0.25) is 0 Å². The number of fused-ring (bicyclic) bond motifs is 1. The van der Waals surface area contributed by atoms with E-state index in [1.165, 1.54) is 4.68 Å². The molecule has 0 spiro atoms. The Morgan fingerprint density at radius 2 is 1.80 bits per heavy atom. The van der Waals surface area contributed by atoms with E-state index in [0.717, 1.165) is 6.42 Å². The number of hydrogen-bond acceptors (Lipinski definition) is 4. The third kappa shape index (κ3) is 3.50.